The normalized spacial score (nSPS) is 20.7. The van der Waals surface area contributed by atoms with Crippen molar-refractivity contribution in [3.8, 4) is 6.07 Å². The number of aliphatic carboxylic acids is 1. The molecule has 0 aromatic carbocycles. The largest absolute Gasteiger partial charge is 0.480 e. The summed E-state index contributed by atoms with van der Waals surface area (Å²) in [7, 11) is 0. The van der Waals surface area contributed by atoms with E-state index in [2.05, 4.69) is 5.32 Å². The van der Waals surface area contributed by atoms with Crippen molar-refractivity contribution < 1.29 is 19.4 Å². The minimum absolute atomic E-state index is 0.163. The summed E-state index contributed by atoms with van der Waals surface area (Å²) in [5, 5.41) is 20.3. The van der Waals surface area contributed by atoms with E-state index < -0.39 is 24.1 Å². The Bertz CT molecular complexity index is 378. The van der Waals surface area contributed by atoms with Crippen molar-refractivity contribution in [1.29, 1.82) is 5.26 Å². The third-order valence-corrected chi connectivity index (χ3v) is 2.80. The zero-order chi connectivity index (χ0) is 14.4. The molecular weight excluding hydrogens is 250 g/mol. The lowest BCUT2D eigenvalue weighted by Crippen LogP contribution is -2.53. The Morgan fingerprint density at radius 2 is 2.26 bits per heavy atom. The minimum Gasteiger partial charge on any atom is -0.480 e. The Labute approximate surface area is 112 Å². The molecule has 0 saturated carbocycles. The van der Waals surface area contributed by atoms with Gasteiger partial charge in [0.15, 0.2) is 6.10 Å². The van der Waals surface area contributed by atoms with Crippen LogP contribution in [0.3, 0.4) is 0 Å². The van der Waals surface area contributed by atoms with Crippen LogP contribution in [0.4, 0.5) is 4.79 Å². The number of carbonyl (C=O) groups is 2. The number of nitrogens with zero attached hydrogens (tertiary/aromatic N) is 2. The number of morpholine rings is 1. The Morgan fingerprint density at radius 1 is 1.58 bits per heavy atom. The van der Waals surface area contributed by atoms with E-state index in [1.54, 1.807) is 0 Å². The lowest BCUT2D eigenvalue weighted by atomic mass is 10.0. The fraction of sp³-hybridized carbons (Fsp3) is 0.750. The number of carboxylic acids is 1. The summed E-state index contributed by atoms with van der Waals surface area (Å²) in [4.78, 5) is 24.4. The number of amides is 2. The van der Waals surface area contributed by atoms with Crippen LogP contribution in [0.15, 0.2) is 0 Å². The highest BCUT2D eigenvalue weighted by molar-refractivity contribution is 5.82. The van der Waals surface area contributed by atoms with Crippen LogP contribution in [0.1, 0.15) is 20.3 Å². The first-order valence-corrected chi connectivity index (χ1v) is 6.23. The van der Waals surface area contributed by atoms with Crippen LogP contribution in [0, 0.1) is 17.2 Å². The molecule has 7 nitrogen and oxygen atoms in total. The Kier molecular flexibility index (Phi) is 5.57. The summed E-state index contributed by atoms with van der Waals surface area (Å²) >= 11 is 0. The van der Waals surface area contributed by atoms with Gasteiger partial charge in [-0.2, -0.15) is 5.26 Å². The van der Waals surface area contributed by atoms with Gasteiger partial charge in [-0.05, 0) is 12.3 Å². The topological polar surface area (TPSA) is 103 Å². The summed E-state index contributed by atoms with van der Waals surface area (Å²) in [6, 6.07) is 0.569. The molecule has 1 aliphatic rings. The molecule has 106 valence electrons. The number of nitriles is 1. The predicted octanol–water partition coefficient (Wildman–Crippen LogP) is 0.420. The third-order valence-electron chi connectivity index (χ3n) is 2.80. The average Bonchev–Trinajstić information content (AvgIpc) is 2.37. The van der Waals surface area contributed by atoms with Crippen LogP contribution in [-0.2, 0) is 9.53 Å². The molecule has 2 unspecified atom stereocenters. The SMILES string of the molecule is CC(C)CC(NC(=O)N1CCOC(C#N)C1)C(=O)O. The van der Waals surface area contributed by atoms with Gasteiger partial charge >= 0.3 is 12.0 Å². The fourth-order valence-electron chi connectivity index (χ4n) is 1.85. The maximum Gasteiger partial charge on any atom is 0.326 e. The quantitative estimate of drug-likeness (QED) is 0.770. The first-order chi connectivity index (χ1) is 8.93. The zero-order valence-corrected chi connectivity index (χ0v) is 11.1. The summed E-state index contributed by atoms with van der Waals surface area (Å²) in [5.41, 5.74) is 0. The number of hydrogen-bond acceptors (Lipinski definition) is 4. The molecule has 0 bridgehead atoms. The van der Waals surface area contributed by atoms with Crippen LogP contribution in [-0.4, -0.2) is 53.8 Å². The number of rotatable bonds is 4. The first kappa shape index (κ1) is 15.2. The van der Waals surface area contributed by atoms with Gasteiger partial charge in [0, 0.05) is 6.54 Å². The molecule has 1 saturated heterocycles. The first-order valence-electron chi connectivity index (χ1n) is 6.23. The standard InChI is InChI=1S/C12H19N3O4/c1-8(2)5-10(11(16)17)14-12(18)15-3-4-19-9(6-13)7-15/h8-10H,3-5,7H2,1-2H3,(H,14,18)(H,16,17). The van der Waals surface area contributed by atoms with Crippen molar-refractivity contribution >= 4 is 12.0 Å². The Morgan fingerprint density at radius 3 is 2.79 bits per heavy atom. The highest BCUT2D eigenvalue weighted by atomic mass is 16.5. The lowest BCUT2D eigenvalue weighted by Gasteiger charge is -2.31. The maximum absolute atomic E-state index is 11.9. The van der Waals surface area contributed by atoms with Gasteiger partial charge in [-0.25, -0.2) is 9.59 Å². The van der Waals surface area contributed by atoms with Gasteiger partial charge in [-0.3, -0.25) is 0 Å². The van der Waals surface area contributed by atoms with E-state index in [0.29, 0.717) is 13.0 Å². The number of urea groups is 1. The van der Waals surface area contributed by atoms with Crippen molar-refractivity contribution in [2.24, 2.45) is 5.92 Å². The van der Waals surface area contributed by atoms with Crippen LogP contribution < -0.4 is 5.32 Å². The van der Waals surface area contributed by atoms with E-state index in [-0.39, 0.29) is 19.1 Å². The van der Waals surface area contributed by atoms with Gasteiger partial charge in [0.1, 0.15) is 6.04 Å². The van der Waals surface area contributed by atoms with E-state index in [1.807, 2.05) is 19.9 Å². The zero-order valence-electron chi connectivity index (χ0n) is 11.1. The molecule has 2 atom stereocenters. The minimum atomic E-state index is -1.05. The Balaban J connectivity index is 2.56. The van der Waals surface area contributed by atoms with E-state index >= 15 is 0 Å². The second-order valence-corrected chi connectivity index (χ2v) is 4.90. The number of carbonyl (C=O) groups excluding carboxylic acids is 1. The van der Waals surface area contributed by atoms with E-state index in [4.69, 9.17) is 15.1 Å². The Hall–Kier alpha value is -1.81. The second kappa shape index (κ2) is 6.95. The summed E-state index contributed by atoms with van der Waals surface area (Å²) in [5.74, 6) is -0.884. The molecule has 7 heteroatoms. The molecule has 0 aromatic rings. The fourth-order valence-corrected chi connectivity index (χ4v) is 1.85. The molecular formula is C12H19N3O4. The molecule has 2 N–H and O–H groups in total. The number of carboxylic acid groups (broad SMARTS) is 1. The molecule has 1 aliphatic heterocycles. The lowest BCUT2D eigenvalue weighted by molar-refractivity contribution is -0.139. The smallest absolute Gasteiger partial charge is 0.326 e. The van der Waals surface area contributed by atoms with Gasteiger partial charge in [-0.1, -0.05) is 13.8 Å². The highest BCUT2D eigenvalue weighted by Gasteiger charge is 2.27. The number of ether oxygens (including phenoxy) is 1. The maximum atomic E-state index is 11.9. The highest BCUT2D eigenvalue weighted by Crippen LogP contribution is 2.08. The summed E-state index contributed by atoms with van der Waals surface area (Å²) < 4.78 is 5.13. The van der Waals surface area contributed by atoms with Crippen LogP contribution in [0.25, 0.3) is 0 Å². The predicted molar refractivity (Wildman–Crippen MR) is 66.3 cm³/mol. The van der Waals surface area contributed by atoms with E-state index in [0.717, 1.165) is 0 Å². The van der Waals surface area contributed by atoms with Crippen molar-refractivity contribution in [2.75, 3.05) is 19.7 Å². The second-order valence-electron chi connectivity index (χ2n) is 4.90. The molecule has 0 aromatic heterocycles. The molecule has 1 fully saturated rings. The summed E-state index contributed by atoms with van der Waals surface area (Å²) in [6.07, 6.45) is -0.277. The molecule has 0 aliphatic carbocycles. The van der Waals surface area contributed by atoms with E-state index in [1.165, 1.54) is 4.90 Å². The molecule has 19 heavy (non-hydrogen) atoms. The number of hydrogen-bond donors (Lipinski definition) is 2. The summed E-state index contributed by atoms with van der Waals surface area (Å²) in [6.45, 7) is 4.59. The van der Waals surface area contributed by atoms with Gasteiger partial charge in [-0.15, -0.1) is 0 Å². The molecule has 2 amide bonds. The molecule has 0 spiro atoms. The van der Waals surface area contributed by atoms with Crippen molar-refractivity contribution in [1.82, 2.24) is 10.2 Å². The van der Waals surface area contributed by atoms with Crippen LogP contribution in [0.2, 0.25) is 0 Å². The molecule has 1 heterocycles. The van der Waals surface area contributed by atoms with Gasteiger partial charge in [0.05, 0.1) is 19.2 Å². The van der Waals surface area contributed by atoms with Gasteiger partial charge in [0.2, 0.25) is 0 Å². The third kappa shape index (κ3) is 4.75. The van der Waals surface area contributed by atoms with Crippen LogP contribution in [0.5, 0.6) is 0 Å². The van der Waals surface area contributed by atoms with Crippen molar-refractivity contribution in [3.63, 3.8) is 0 Å². The van der Waals surface area contributed by atoms with Crippen molar-refractivity contribution in [3.05, 3.63) is 0 Å². The molecule has 0 radical (unpaired) electrons. The van der Waals surface area contributed by atoms with Crippen LogP contribution >= 0.6 is 0 Å². The van der Waals surface area contributed by atoms with Crippen molar-refractivity contribution in [2.45, 2.75) is 32.4 Å². The van der Waals surface area contributed by atoms with E-state index in [9.17, 15) is 9.59 Å². The average molecular weight is 269 g/mol. The van der Waals surface area contributed by atoms with Gasteiger partial charge in [0.25, 0.3) is 0 Å². The monoisotopic (exact) mass is 269 g/mol. The van der Waals surface area contributed by atoms with Gasteiger partial charge < -0.3 is 20.1 Å². The number of nitrogens with one attached hydrogen (secondary N) is 1. The molecule has 1 rings (SSSR count).